The minimum absolute atomic E-state index is 0.0775. The molecule has 0 fully saturated rings. The normalized spacial score (nSPS) is 11.7. The number of carbonyl (C=O) groups is 1. The van der Waals surface area contributed by atoms with Gasteiger partial charge in [0.05, 0.1) is 17.2 Å². The van der Waals surface area contributed by atoms with E-state index in [0.29, 0.717) is 39.4 Å². The van der Waals surface area contributed by atoms with Crippen molar-refractivity contribution in [3.63, 3.8) is 0 Å². The van der Waals surface area contributed by atoms with Crippen LogP contribution in [-0.2, 0) is 16.5 Å². The Morgan fingerprint density at radius 3 is 2.36 bits per heavy atom. The topological polar surface area (TPSA) is 138 Å². The molecule has 0 bridgehead atoms. The first-order valence-electron chi connectivity index (χ1n) is 11.7. The first kappa shape index (κ1) is 28.3. The zero-order valence-electron chi connectivity index (χ0n) is 20.8. The molecule has 0 saturated carbocycles. The van der Waals surface area contributed by atoms with E-state index in [9.17, 15) is 22.9 Å². The third-order valence-corrected chi connectivity index (χ3v) is 7.33. The van der Waals surface area contributed by atoms with Crippen molar-refractivity contribution in [2.75, 3.05) is 11.9 Å². The number of amides is 1. The van der Waals surface area contributed by atoms with Crippen LogP contribution in [0.25, 0.3) is 10.8 Å². The number of ether oxygens (including phenoxy) is 1. The van der Waals surface area contributed by atoms with Gasteiger partial charge in [-0.2, -0.15) is 8.42 Å². The van der Waals surface area contributed by atoms with Crippen LogP contribution < -0.4 is 10.1 Å². The lowest BCUT2D eigenvalue weighted by Crippen LogP contribution is -2.12. The number of hydrogen-bond acceptors (Lipinski definition) is 7. The highest BCUT2D eigenvalue weighted by Gasteiger charge is 2.22. The summed E-state index contributed by atoms with van der Waals surface area (Å²) in [6, 6.07) is 15.5. The molecule has 3 N–H and O–H groups in total. The van der Waals surface area contributed by atoms with Crippen molar-refractivity contribution < 1.29 is 27.6 Å². The lowest BCUT2D eigenvalue weighted by molar-refractivity contribution is 0.102. The first-order chi connectivity index (χ1) is 18.5. The molecule has 9 nitrogen and oxygen atoms in total. The number of hydrogen-bond donors (Lipinski definition) is 3. The fourth-order valence-electron chi connectivity index (χ4n) is 3.99. The molecule has 0 aliphatic rings. The van der Waals surface area contributed by atoms with Crippen molar-refractivity contribution in [3.8, 4) is 11.5 Å². The van der Waals surface area contributed by atoms with Crippen LogP contribution >= 0.6 is 23.2 Å². The maximum Gasteiger partial charge on any atom is 0.296 e. The molecule has 4 aromatic carbocycles. The van der Waals surface area contributed by atoms with Crippen LogP contribution in [0.15, 0.2) is 75.8 Å². The number of azo groups is 1. The predicted octanol–water partition coefficient (Wildman–Crippen LogP) is 7.73. The molecule has 0 saturated heterocycles. The van der Waals surface area contributed by atoms with Gasteiger partial charge in [-0.25, -0.2) is 0 Å². The number of nitrogens with one attached hydrogen (secondary N) is 1. The van der Waals surface area contributed by atoms with E-state index in [0.717, 1.165) is 6.07 Å². The highest BCUT2D eigenvalue weighted by Crippen LogP contribution is 2.41. The van der Waals surface area contributed by atoms with Crippen molar-refractivity contribution in [3.05, 3.63) is 81.8 Å². The summed E-state index contributed by atoms with van der Waals surface area (Å²) in [6.45, 7) is 3.98. The molecule has 0 aromatic heterocycles. The van der Waals surface area contributed by atoms with E-state index in [4.69, 9.17) is 27.9 Å². The number of halogens is 2. The quantitative estimate of drug-likeness (QED) is 0.142. The van der Waals surface area contributed by atoms with Crippen molar-refractivity contribution in [1.82, 2.24) is 0 Å². The molecular formula is C27H23Cl2N3O6S. The van der Waals surface area contributed by atoms with Gasteiger partial charge in [0.2, 0.25) is 0 Å². The molecule has 0 atom stereocenters. The van der Waals surface area contributed by atoms with Crippen LogP contribution in [0, 0.1) is 0 Å². The third kappa shape index (κ3) is 5.99. The van der Waals surface area contributed by atoms with Gasteiger partial charge in [-0.05, 0) is 60.7 Å². The number of phenols is 1. The second-order valence-corrected chi connectivity index (χ2v) is 10.5. The molecule has 0 aliphatic heterocycles. The number of fused-ring (bicyclic) bond motifs is 1. The van der Waals surface area contributed by atoms with E-state index in [1.54, 1.807) is 43.3 Å². The minimum atomic E-state index is -4.67. The summed E-state index contributed by atoms with van der Waals surface area (Å²) in [5.74, 6) is -0.670. The van der Waals surface area contributed by atoms with Gasteiger partial charge in [0.1, 0.15) is 22.0 Å². The number of carbonyl (C=O) groups excluding carboxylic acids is 1. The van der Waals surface area contributed by atoms with Gasteiger partial charge in [0.15, 0.2) is 5.75 Å². The Bertz CT molecular complexity index is 1720. The zero-order valence-corrected chi connectivity index (χ0v) is 23.1. The average Bonchev–Trinajstić information content (AvgIpc) is 2.88. The van der Waals surface area contributed by atoms with Crippen molar-refractivity contribution in [1.29, 1.82) is 0 Å². The summed E-state index contributed by atoms with van der Waals surface area (Å²) < 4.78 is 39.2. The molecule has 0 heterocycles. The highest BCUT2D eigenvalue weighted by molar-refractivity contribution is 7.86. The van der Waals surface area contributed by atoms with E-state index in [1.807, 2.05) is 6.92 Å². The number of rotatable bonds is 8. The molecule has 4 aromatic rings. The van der Waals surface area contributed by atoms with E-state index in [-0.39, 0.29) is 28.4 Å². The Morgan fingerprint density at radius 2 is 1.69 bits per heavy atom. The highest BCUT2D eigenvalue weighted by atomic mass is 35.5. The number of phenolic OH excluding ortho intramolecular Hbond substituents is 1. The third-order valence-electron chi connectivity index (χ3n) is 5.80. The largest absolute Gasteiger partial charge is 0.505 e. The molecule has 4 rings (SSSR count). The average molecular weight is 588 g/mol. The van der Waals surface area contributed by atoms with Gasteiger partial charge >= 0.3 is 0 Å². The Hall–Kier alpha value is -3.70. The zero-order chi connectivity index (χ0) is 28.3. The van der Waals surface area contributed by atoms with Gasteiger partial charge in [0, 0.05) is 16.1 Å². The van der Waals surface area contributed by atoms with Gasteiger partial charge in [-0.15, -0.1) is 10.2 Å². The second kappa shape index (κ2) is 11.6. The fraction of sp³-hybridized carbons (Fsp3) is 0.148. The molecular weight excluding hydrogens is 565 g/mol. The van der Waals surface area contributed by atoms with Gasteiger partial charge < -0.3 is 15.2 Å². The molecule has 0 spiro atoms. The van der Waals surface area contributed by atoms with Crippen molar-refractivity contribution in [2.45, 2.75) is 25.2 Å². The van der Waals surface area contributed by atoms with E-state index < -0.39 is 26.7 Å². The van der Waals surface area contributed by atoms with Crippen molar-refractivity contribution >= 4 is 67.1 Å². The van der Waals surface area contributed by atoms with E-state index in [2.05, 4.69) is 15.5 Å². The maximum atomic E-state index is 13.2. The summed E-state index contributed by atoms with van der Waals surface area (Å²) in [5.41, 5.74) is 0.347. The molecule has 0 radical (unpaired) electrons. The first-order valence-corrected chi connectivity index (χ1v) is 13.9. The van der Waals surface area contributed by atoms with E-state index >= 15 is 0 Å². The Labute approximate surface area is 234 Å². The van der Waals surface area contributed by atoms with E-state index in [1.165, 1.54) is 18.2 Å². The maximum absolute atomic E-state index is 13.2. The smallest absolute Gasteiger partial charge is 0.296 e. The molecule has 39 heavy (non-hydrogen) atoms. The SMILES string of the molecule is CCOc1ccc(NC(=O)c2cc3ccccc3c(N=Nc3c(S(=O)(=O)O)ccc(Cl)c3CC)c2O)cc1Cl. The van der Waals surface area contributed by atoms with Crippen LogP contribution in [0.5, 0.6) is 11.5 Å². The summed E-state index contributed by atoms with van der Waals surface area (Å²) in [5, 5.41) is 23.6. The van der Waals surface area contributed by atoms with Crippen LogP contribution in [0.4, 0.5) is 17.1 Å². The van der Waals surface area contributed by atoms with Crippen molar-refractivity contribution in [2.24, 2.45) is 10.2 Å². The summed E-state index contributed by atoms with van der Waals surface area (Å²) >= 11 is 12.5. The minimum Gasteiger partial charge on any atom is -0.505 e. The second-order valence-electron chi connectivity index (χ2n) is 8.28. The van der Waals surface area contributed by atoms with Gasteiger partial charge in [-0.1, -0.05) is 54.4 Å². The Balaban J connectivity index is 1.82. The molecule has 12 heteroatoms. The lowest BCUT2D eigenvalue weighted by Gasteiger charge is -2.13. The summed E-state index contributed by atoms with van der Waals surface area (Å²) in [7, 11) is -4.67. The van der Waals surface area contributed by atoms with Crippen LogP contribution in [-0.4, -0.2) is 30.6 Å². The molecule has 0 unspecified atom stereocenters. The number of aromatic hydroxyl groups is 1. The number of nitrogens with zero attached hydrogens (tertiary/aromatic N) is 2. The lowest BCUT2D eigenvalue weighted by atomic mass is 10.0. The molecule has 202 valence electrons. The van der Waals surface area contributed by atoms with Gasteiger partial charge in [-0.3, -0.25) is 9.35 Å². The Kier molecular flexibility index (Phi) is 8.41. The Morgan fingerprint density at radius 1 is 0.974 bits per heavy atom. The fourth-order valence-corrected chi connectivity index (χ4v) is 5.16. The number of anilines is 1. The van der Waals surface area contributed by atoms with Crippen LogP contribution in [0.1, 0.15) is 29.8 Å². The molecule has 1 amide bonds. The monoisotopic (exact) mass is 587 g/mol. The predicted molar refractivity (Wildman–Crippen MR) is 151 cm³/mol. The summed E-state index contributed by atoms with van der Waals surface area (Å²) in [6.07, 6.45) is 0.288. The number of benzene rings is 4. The van der Waals surface area contributed by atoms with Crippen LogP contribution in [0.2, 0.25) is 10.0 Å². The molecule has 0 aliphatic carbocycles. The van der Waals surface area contributed by atoms with Gasteiger partial charge in [0.25, 0.3) is 16.0 Å². The summed E-state index contributed by atoms with van der Waals surface area (Å²) in [4.78, 5) is 12.7. The standard InChI is InChI=1S/C27H23Cl2N3O6S/c1-3-17-20(28)10-12-23(39(35,36)37)24(17)31-32-25-18-8-6-5-7-15(18)13-19(26(25)33)27(34)30-16-9-11-22(38-4-2)21(29)14-16/h5-14,33H,3-4H2,1-2H3,(H,30,34)(H,35,36,37). The van der Waals surface area contributed by atoms with Crippen LogP contribution in [0.3, 0.4) is 0 Å².